The predicted molar refractivity (Wildman–Crippen MR) is 59.5 cm³/mol. The summed E-state index contributed by atoms with van der Waals surface area (Å²) in [6.07, 6.45) is -9.55. The Morgan fingerprint density at radius 1 is 1.40 bits per heavy atom. The Morgan fingerprint density at radius 2 is 2.00 bits per heavy atom. The van der Waals surface area contributed by atoms with Gasteiger partial charge < -0.3 is 20.7 Å². The third-order valence-electron chi connectivity index (χ3n) is 3.04. The van der Waals surface area contributed by atoms with E-state index in [9.17, 15) is 28.2 Å². The van der Waals surface area contributed by atoms with Gasteiger partial charge in [0, 0.05) is 6.20 Å². The highest BCUT2D eigenvalue weighted by Gasteiger charge is 2.43. The Balaban J connectivity index is 2.51. The van der Waals surface area contributed by atoms with Gasteiger partial charge in [0.25, 0.3) is 0 Å². The van der Waals surface area contributed by atoms with Gasteiger partial charge in [-0.3, -0.25) is 4.57 Å². The van der Waals surface area contributed by atoms with Crippen LogP contribution in [0.15, 0.2) is 11.0 Å². The second-order valence-electron chi connectivity index (χ2n) is 4.44. The number of nitrogens with two attached hydrogens (primary N) is 1. The van der Waals surface area contributed by atoms with Crippen LogP contribution in [0.1, 0.15) is 18.7 Å². The van der Waals surface area contributed by atoms with Crippen LogP contribution in [0.3, 0.4) is 0 Å². The first-order chi connectivity index (χ1) is 9.12. The smallest absolute Gasteiger partial charge is 0.388 e. The first-order valence-corrected chi connectivity index (χ1v) is 5.60. The van der Waals surface area contributed by atoms with Crippen molar-refractivity contribution in [3.05, 3.63) is 22.2 Å². The maximum absolute atomic E-state index is 12.7. The number of hydrogen-bond donors (Lipinski definition) is 3. The molecule has 0 aliphatic carbocycles. The molecule has 112 valence electrons. The summed E-state index contributed by atoms with van der Waals surface area (Å²) in [4.78, 5) is 14.7. The molecule has 0 saturated carbocycles. The second-order valence-corrected chi connectivity index (χ2v) is 4.44. The lowest BCUT2D eigenvalue weighted by Gasteiger charge is -2.19. The zero-order valence-electron chi connectivity index (χ0n) is 10.2. The van der Waals surface area contributed by atoms with Gasteiger partial charge in [-0.1, -0.05) is 0 Å². The zero-order valence-corrected chi connectivity index (χ0v) is 10.2. The Bertz CT molecular complexity index is 574. The number of halogens is 3. The van der Waals surface area contributed by atoms with Gasteiger partial charge in [-0.2, -0.15) is 18.2 Å². The van der Waals surface area contributed by atoms with E-state index in [1.165, 1.54) is 6.92 Å². The third-order valence-corrected chi connectivity index (χ3v) is 3.04. The fourth-order valence-corrected chi connectivity index (χ4v) is 1.94. The molecule has 2 heterocycles. The summed E-state index contributed by atoms with van der Waals surface area (Å²) in [5.74, 6) is -0.958. The quantitative estimate of drug-likeness (QED) is 0.643. The Kier molecular flexibility index (Phi) is 3.48. The van der Waals surface area contributed by atoms with Crippen molar-refractivity contribution in [2.75, 3.05) is 5.73 Å². The largest absolute Gasteiger partial charge is 0.421 e. The molecule has 1 unspecified atom stereocenters. The summed E-state index contributed by atoms with van der Waals surface area (Å²) in [6, 6.07) is 0. The van der Waals surface area contributed by atoms with Crippen LogP contribution in [-0.2, 0) is 10.9 Å². The summed E-state index contributed by atoms with van der Waals surface area (Å²) >= 11 is 0. The SMILES string of the molecule is C[C@H]1OC(n2cc(C(F)(F)F)c(N)nc2=O)[C@H](O)[C@@H]1O. The van der Waals surface area contributed by atoms with Crippen molar-refractivity contribution in [2.45, 2.75) is 37.6 Å². The Labute approximate surface area is 110 Å². The minimum atomic E-state index is -4.81. The molecule has 1 fully saturated rings. The molecule has 0 aromatic carbocycles. The standard InChI is InChI=1S/C10H12F3N3O4/c1-3-5(17)6(18)8(20-3)16-2-4(10(11,12)13)7(14)15-9(16)19/h2-3,5-6,8,17-18H,1H3,(H2,14,15,19)/t3-,5-,6-,8?/m1/s1. The molecule has 1 aliphatic heterocycles. The van der Waals surface area contributed by atoms with Crippen LogP contribution in [-0.4, -0.2) is 38.1 Å². The van der Waals surface area contributed by atoms with Crippen molar-refractivity contribution >= 4 is 5.82 Å². The summed E-state index contributed by atoms with van der Waals surface area (Å²) < 4.78 is 43.7. The Hall–Kier alpha value is -1.65. The van der Waals surface area contributed by atoms with Gasteiger partial charge in [0.05, 0.1) is 6.10 Å². The van der Waals surface area contributed by atoms with E-state index in [1.54, 1.807) is 0 Å². The molecule has 4 atom stereocenters. The van der Waals surface area contributed by atoms with Crippen molar-refractivity contribution < 1.29 is 28.1 Å². The highest BCUT2D eigenvalue weighted by Crippen LogP contribution is 2.34. The molecule has 1 aromatic rings. The molecular weight excluding hydrogens is 283 g/mol. The van der Waals surface area contributed by atoms with Crippen LogP contribution in [0, 0.1) is 0 Å². The zero-order chi connectivity index (χ0) is 15.2. The molecule has 0 bridgehead atoms. The van der Waals surface area contributed by atoms with Crippen molar-refractivity contribution in [3.63, 3.8) is 0 Å². The summed E-state index contributed by atoms with van der Waals surface area (Å²) in [5, 5.41) is 19.2. The number of nitrogen functional groups attached to an aromatic ring is 1. The fraction of sp³-hybridized carbons (Fsp3) is 0.600. The first kappa shape index (κ1) is 14.8. The molecule has 2 rings (SSSR count). The van der Waals surface area contributed by atoms with Crippen LogP contribution >= 0.6 is 0 Å². The highest BCUT2D eigenvalue weighted by molar-refractivity contribution is 5.39. The number of aromatic nitrogens is 2. The van der Waals surface area contributed by atoms with Crippen molar-refractivity contribution in [1.82, 2.24) is 9.55 Å². The molecule has 0 radical (unpaired) electrons. The lowest BCUT2D eigenvalue weighted by molar-refractivity contribution is -0.138. The number of alkyl halides is 3. The Morgan fingerprint density at radius 3 is 2.45 bits per heavy atom. The normalized spacial score (nSPS) is 30.7. The topological polar surface area (TPSA) is 111 Å². The van der Waals surface area contributed by atoms with Gasteiger partial charge in [0.2, 0.25) is 0 Å². The summed E-state index contributed by atoms with van der Waals surface area (Å²) in [6.45, 7) is 1.41. The highest BCUT2D eigenvalue weighted by atomic mass is 19.4. The number of rotatable bonds is 1. The number of nitrogens with zero attached hydrogens (tertiary/aromatic N) is 2. The minimum Gasteiger partial charge on any atom is -0.388 e. The summed E-state index contributed by atoms with van der Waals surface area (Å²) in [5.41, 5.74) is 2.64. The minimum absolute atomic E-state index is 0.420. The van der Waals surface area contributed by atoms with Crippen LogP contribution in [0.2, 0.25) is 0 Å². The van der Waals surface area contributed by atoms with Crippen molar-refractivity contribution in [1.29, 1.82) is 0 Å². The van der Waals surface area contributed by atoms with Gasteiger partial charge in [-0.25, -0.2) is 4.79 Å². The maximum atomic E-state index is 12.7. The van der Waals surface area contributed by atoms with E-state index < -0.39 is 47.8 Å². The third kappa shape index (κ3) is 2.37. The van der Waals surface area contributed by atoms with Gasteiger partial charge >= 0.3 is 11.9 Å². The number of aliphatic hydroxyl groups is 2. The van der Waals surface area contributed by atoms with Crippen molar-refractivity contribution in [3.8, 4) is 0 Å². The van der Waals surface area contributed by atoms with Gasteiger partial charge in [0.15, 0.2) is 6.23 Å². The number of hydrogen-bond acceptors (Lipinski definition) is 6. The van der Waals surface area contributed by atoms with Crippen LogP contribution in [0.25, 0.3) is 0 Å². The number of aliphatic hydroxyl groups excluding tert-OH is 2. The second kappa shape index (κ2) is 4.72. The molecule has 0 amide bonds. The van der Waals surface area contributed by atoms with E-state index in [-0.39, 0.29) is 0 Å². The average Bonchev–Trinajstić information content (AvgIpc) is 2.55. The molecule has 7 nitrogen and oxygen atoms in total. The molecule has 4 N–H and O–H groups in total. The first-order valence-electron chi connectivity index (χ1n) is 5.60. The maximum Gasteiger partial charge on any atom is 0.421 e. The number of ether oxygens (including phenoxy) is 1. The van der Waals surface area contributed by atoms with Gasteiger partial charge in [0.1, 0.15) is 23.6 Å². The van der Waals surface area contributed by atoms with Crippen molar-refractivity contribution in [2.24, 2.45) is 0 Å². The van der Waals surface area contributed by atoms with Crippen LogP contribution in [0.5, 0.6) is 0 Å². The molecule has 0 spiro atoms. The van der Waals surface area contributed by atoms with E-state index in [4.69, 9.17) is 10.5 Å². The lowest BCUT2D eigenvalue weighted by atomic mass is 10.1. The summed E-state index contributed by atoms with van der Waals surface area (Å²) in [7, 11) is 0. The molecule has 1 saturated heterocycles. The molecule has 10 heteroatoms. The predicted octanol–water partition coefficient (Wildman–Crippen LogP) is -0.517. The van der Waals surface area contributed by atoms with E-state index in [1.807, 2.05) is 0 Å². The monoisotopic (exact) mass is 295 g/mol. The van der Waals surface area contributed by atoms with Crippen LogP contribution in [0.4, 0.5) is 19.0 Å². The molecular formula is C10H12F3N3O4. The molecule has 1 aromatic heterocycles. The molecule has 1 aliphatic rings. The average molecular weight is 295 g/mol. The van der Waals surface area contributed by atoms with E-state index in [2.05, 4.69) is 4.98 Å². The van der Waals surface area contributed by atoms with Crippen LogP contribution < -0.4 is 11.4 Å². The van der Waals surface area contributed by atoms with E-state index >= 15 is 0 Å². The van der Waals surface area contributed by atoms with E-state index in [0.717, 1.165) is 0 Å². The van der Waals surface area contributed by atoms with E-state index in [0.29, 0.717) is 10.8 Å². The van der Waals surface area contributed by atoms with Gasteiger partial charge in [-0.15, -0.1) is 0 Å². The lowest BCUT2D eigenvalue weighted by Crippen LogP contribution is -2.36. The molecule has 20 heavy (non-hydrogen) atoms. The fourth-order valence-electron chi connectivity index (χ4n) is 1.94. The van der Waals surface area contributed by atoms with Gasteiger partial charge in [-0.05, 0) is 6.92 Å². The number of anilines is 1.